The molecule has 2 aromatic heterocycles. The normalized spacial score (nSPS) is 17.0. The molecular weight excluding hydrogens is 360 g/mol. The second-order valence-corrected chi connectivity index (χ2v) is 6.35. The minimum Gasteiger partial charge on any atom is -0.488 e. The zero-order chi connectivity index (χ0) is 18.7. The van der Waals surface area contributed by atoms with Crippen molar-refractivity contribution in [1.29, 1.82) is 0 Å². The van der Waals surface area contributed by atoms with Crippen LogP contribution in [0.1, 0.15) is 33.7 Å². The molecule has 2 aromatic rings. The Morgan fingerprint density at radius 1 is 1.38 bits per heavy atom. The number of carbonyl (C=O) groups excluding carboxylic acids is 2. The van der Waals surface area contributed by atoms with Crippen molar-refractivity contribution in [2.24, 2.45) is 5.73 Å². The van der Waals surface area contributed by atoms with Crippen LogP contribution in [0.15, 0.2) is 35.4 Å². The highest BCUT2D eigenvalue weighted by Gasteiger charge is 2.26. The van der Waals surface area contributed by atoms with Crippen LogP contribution in [0.25, 0.3) is 0 Å². The molecule has 0 bridgehead atoms. The molecule has 1 aliphatic heterocycles. The number of nitrogens with zero attached hydrogens (tertiary/aromatic N) is 2. The Morgan fingerprint density at radius 3 is 2.92 bits per heavy atom. The van der Waals surface area contributed by atoms with Gasteiger partial charge in [-0.3, -0.25) is 19.4 Å². The van der Waals surface area contributed by atoms with Crippen molar-refractivity contribution in [3.05, 3.63) is 57.2 Å². The number of pyridine rings is 2. The van der Waals surface area contributed by atoms with Gasteiger partial charge in [0.15, 0.2) is 0 Å². The Bertz CT molecular complexity index is 898. The Balaban J connectivity index is 1.70. The van der Waals surface area contributed by atoms with Crippen LogP contribution in [0.3, 0.4) is 0 Å². The van der Waals surface area contributed by atoms with Gasteiger partial charge in [-0.25, -0.2) is 0 Å². The highest BCUT2D eigenvalue weighted by Crippen LogP contribution is 2.20. The van der Waals surface area contributed by atoms with Crippen LogP contribution in [-0.2, 0) is 0 Å². The number of amides is 2. The van der Waals surface area contributed by atoms with E-state index in [1.165, 1.54) is 24.5 Å². The summed E-state index contributed by atoms with van der Waals surface area (Å²) in [5, 5.41) is -0.0311. The van der Waals surface area contributed by atoms with E-state index in [-0.39, 0.29) is 22.7 Å². The summed E-state index contributed by atoms with van der Waals surface area (Å²) < 4.78 is 5.88. The fourth-order valence-corrected chi connectivity index (χ4v) is 2.96. The van der Waals surface area contributed by atoms with E-state index in [4.69, 9.17) is 22.1 Å². The van der Waals surface area contributed by atoms with Gasteiger partial charge in [0.05, 0.1) is 12.1 Å². The second kappa shape index (κ2) is 7.57. The third-order valence-corrected chi connectivity index (χ3v) is 4.34. The van der Waals surface area contributed by atoms with Gasteiger partial charge in [0.25, 0.3) is 17.4 Å². The lowest BCUT2D eigenvalue weighted by molar-refractivity contribution is 0.0537. The number of halogens is 1. The van der Waals surface area contributed by atoms with Crippen molar-refractivity contribution in [2.75, 3.05) is 13.1 Å². The average molecular weight is 377 g/mol. The molecule has 2 amide bonds. The molecule has 26 heavy (non-hydrogen) atoms. The molecule has 0 aliphatic carbocycles. The molecule has 3 rings (SSSR count). The summed E-state index contributed by atoms with van der Waals surface area (Å²) in [5.74, 6) is -0.393. The molecule has 0 spiro atoms. The number of primary amides is 1. The highest BCUT2D eigenvalue weighted by molar-refractivity contribution is 6.30. The highest BCUT2D eigenvalue weighted by atomic mass is 35.5. The van der Waals surface area contributed by atoms with Gasteiger partial charge in [0.2, 0.25) is 0 Å². The Kier molecular flexibility index (Phi) is 5.22. The number of likely N-dealkylation sites (tertiary alicyclic amines) is 1. The van der Waals surface area contributed by atoms with Crippen LogP contribution >= 0.6 is 11.6 Å². The van der Waals surface area contributed by atoms with E-state index < -0.39 is 11.5 Å². The summed E-state index contributed by atoms with van der Waals surface area (Å²) in [6.45, 7) is 0.960. The van der Waals surface area contributed by atoms with E-state index in [1.807, 2.05) is 0 Å². The number of rotatable bonds is 4. The summed E-state index contributed by atoms with van der Waals surface area (Å²) >= 11 is 5.79. The predicted octanol–water partition coefficient (Wildman–Crippen LogP) is 1.21. The largest absolute Gasteiger partial charge is 0.488 e. The number of hydrogen-bond acceptors (Lipinski definition) is 5. The fourth-order valence-electron chi connectivity index (χ4n) is 2.79. The van der Waals surface area contributed by atoms with Crippen LogP contribution in [0.4, 0.5) is 0 Å². The third kappa shape index (κ3) is 4.02. The van der Waals surface area contributed by atoms with E-state index in [2.05, 4.69) is 9.97 Å². The number of H-pyrrole nitrogens is 1. The molecule has 1 fully saturated rings. The number of aromatic amines is 1. The van der Waals surface area contributed by atoms with Gasteiger partial charge in [-0.1, -0.05) is 11.6 Å². The molecule has 0 radical (unpaired) electrons. The Hall–Kier alpha value is -2.87. The lowest BCUT2D eigenvalue weighted by Gasteiger charge is -2.33. The number of hydrogen-bond donors (Lipinski definition) is 2. The van der Waals surface area contributed by atoms with Gasteiger partial charge in [0, 0.05) is 25.0 Å². The molecule has 136 valence electrons. The van der Waals surface area contributed by atoms with E-state index >= 15 is 0 Å². The number of carbonyl (C=O) groups is 2. The SMILES string of the molecule is NC(=O)c1cc(OC2CCCN(C(=O)c3c[nH]c(=O)c(Cl)c3)C2)ccn1. The number of ether oxygens (including phenoxy) is 1. The lowest BCUT2D eigenvalue weighted by Crippen LogP contribution is -2.44. The average Bonchev–Trinajstić information content (AvgIpc) is 2.64. The van der Waals surface area contributed by atoms with E-state index in [0.717, 1.165) is 12.8 Å². The predicted molar refractivity (Wildman–Crippen MR) is 94.4 cm³/mol. The zero-order valence-electron chi connectivity index (χ0n) is 13.8. The topological polar surface area (TPSA) is 118 Å². The first-order valence-electron chi connectivity index (χ1n) is 8.04. The third-order valence-electron chi connectivity index (χ3n) is 4.06. The zero-order valence-corrected chi connectivity index (χ0v) is 14.5. The maximum atomic E-state index is 12.6. The van der Waals surface area contributed by atoms with Gasteiger partial charge in [-0.2, -0.15) is 0 Å². The molecule has 3 N–H and O–H groups in total. The molecule has 0 aromatic carbocycles. The summed E-state index contributed by atoms with van der Waals surface area (Å²) in [6.07, 6.45) is 4.10. The summed E-state index contributed by atoms with van der Waals surface area (Å²) in [4.78, 5) is 43.1. The second-order valence-electron chi connectivity index (χ2n) is 5.94. The van der Waals surface area contributed by atoms with Crippen molar-refractivity contribution in [3.63, 3.8) is 0 Å². The summed E-state index contributed by atoms with van der Waals surface area (Å²) in [5.41, 5.74) is 5.21. The van der Waals surface area contributed by atoms with Crippen molar-refractivity contribution in [1.82, 2.24) is 14.9 Å². The molecule has 1 saturated heterocycles. The monoisotopic (exact) mass is 376 g/mol. The quantitative estimate of drug-likeness (QED) is 0.831. The summed E-state index contributed by atoms with van der Waals surface area (Å²) in [6, 6.07) is 4.47. The van der Waals surface area contributed by atoms with Crippen LogP contribution in [0.2, 0.25) is 5.02 Å². The van der Waals surface area contributed by atoms with Gasteiger partial charge in [-0.05, 0) is 25.0 Å². The van der Waals surface area contributed by atoms with Crippen LogP contribution < -0.4 is 16.0 Å². The molecule has 9 heteroatoms. The first kappa shape index (κ1) is 17.9. The maximum absolute atomic E-state index is 12.6. The minimum absolute atomic E-state index is 0.0311. The standard InChI is InChI=1S/C17H17ClN4O4/c18-13-6-10(8-21-16(13)24)17(25)22-5-1-2-12(9-22)26-11-3-4-20-14(7-11)15(19)23/h3-4,6-8,12H,1-2,5,9H2,(H2,19,23)(H,21,24). The van der Waals surface area contributed by atoms with E-state index in [9.17, 15) is 14.4 Å². The number of nitrogens with two attached hydrogens (primary N) is 1. The Morgan fingerprint density at radius 2 is 2.19 bits per heavy atom. The summed E-state index contributed by atoms with van der Waals surface area (Å²) in [7, 11) is 0. The lowest BCUT2D eigenvalue weighted by atomic mass is 10.1. The maximum Gasteiger partial charge on any atom is 0.267 e. The first-order valence-corrected chi connectivity index (χ1v) is 8.42. The number of nitrogens with one attached hydrogen (secondary N) is 1. The molecule has 1 aliphatic rings. The van der Waals surface area contributed by atoms with Gasteiger partial charge < -0.3 is 20.4 Å². The van der Waals surface area contributed by atoms with Gasteiger partial charge in [0.1, 0.15) is 22.6 Å². The van der Waals surface area contributed by atoms with Crippen molar-refractivity contribution >= 4 is 23.4 Å². The first-order chi connectivity index (χ1) is 12.4. The molecule has 0 saturated carbocycles. The van der Waals surface area contributed by atoms with E-state index in [1.54, 1.807) is 11.0 Å². The molecule has 3 heterocycles. The number of piperidine rings is 1. The van der Waals surface area contributed by atoms with Crippen LogP contribution in [0.5, 0.6) is 5.75 Å². The van der Waals surface area contributed by atoms with Crippen LogP contribution in [0, 0.1) is 0 Å². The Labute approximate surface area is 153 Å². The molecule has 1 unspecified atom stereocenters. The van der Waals surface area contributed by atoms with Crippen LogP contribution in [-0.4, -0.2) is 45.9 Å². The number of aromatic nitrogens is 2. The van der Waals surface area contributed by atoms with E-state index in [0.29, 0.717) is 24.4 Å². The van der Waals surface area contributed by atoms with Crippen molar-refractivity contribution in [2.45, 2.75) is 18.9 Å². The molecule has 1 atom stereocenters. The molecule has 8 nitrogen and oxygen atoms in total. The molecular formula is C17H17ClN4O4. The minimum atomic E-state index is -0.633. The smallest absolute Gasteiger partial charge is 0.267 e. The van der Waals surface area contributed by atoms with Crippen molar-refractivity contribution < 1.29 is 14.3 Å². The van der Waals surface area contributed by atoms with Gasteiger partial charge >= 0.3 is 0 Å². The van der Waals surface area contributed by atoms with Crippen molar-refractivity contribution in [3.8, 4) is 5.75 Å². The van der Waals surface area contributed by atoms with Gasteiger partial charge in [-0.15, -0.1) is 0 Å². The fraction of sp³-hybridized carbons (Fsp3) is 0.294.